The van der Waals surface area contributed by atoms with Crippen LogP contribution in [-0.4, -0.2) is 31.1 Å². The monoisotopic (exact) mass is 314 g/mol. The summed E-state index contributed by atoms with van der Waals surface area (Å²) in [6.07, 6.45) is 3.84. The first-order chi connectivity index (χ1) is 8.53. The molecule has 0 bridgehead atoms. The average Bonchev–Trinajstić information content (AvgIpc) is 2.24. The number of hydrogen-bond donors (Lipinski definition) is 1. The molecule has 0 saturated heterocycles. The summed E-state index contributed by atoms with van der Waals surface area (Å²) in [4.78, 5) is 2.32. The molecule has 0 amide bonds. The van der Waals surface area contributed by atoms with Gasteiger partial charge >= 0.3 is 0 Å². The van der Waals surface area contributed by atoms with Gasteiger partial charge in [0.15, 0.2) is 0 Å². The number of nitrogens with one attached hydrogen (secondary N) is 1. The minimum Gasteiger partial charge on any atom is -0.311 e. The first kappa shape index (κ1) is 14.0. The largest absolute Gasteiger partial charge is 0.311 e. The fraction of sp³-hybridized carbons (Fsp3) is 0.571. The Morgan fingerprint density at radius 1 is 1.39 bits per heavy atom. The fourth-order valence-electron chi connectivity index (χ4n) is 2.46. The van der Waals surface area contributed by atoms with Crippen LogP contribution in [0.15, 0.2) is 22.7 Å². The molecule has 0 radical (unpaired) electrons. The molecule has 1 N–H and O–H groups in total. The summed E-state index contributed by atoms with van der Waals surface area (Å²) < 4.78 is 13.8. The lowest BCUT2D eigenvalue weighted by atomic mass is 9.75. The van der Waals surface area contributed by atoms with Crippen molar-refractivity contribution in [3.05, 3.63) is 34.1 Å². The number of likely N-dealkylation sites (N-methyl/N-ethyl adjacent to an activating group) is 1. The van der Waals surface area contributed by atoms with Gasteiger partial charge in [0, 0.05) is 23.1 Å². The van der Waals surface area contributed by atoms with E-state index >= 15 is 0 Å². The van der Waals surface area contributed by atoms with E-state index in [4.69, 9.17) is 0 Å². The Morgan fingerprint density at radius 2 is 2.11 bits per heavy atom. The van der Waals surface area contributed by atoms with Crippen LogP contribution in [0.4, 0.5) is 4.39 Å². The van der Waals surface area contributed by atoms with E-state index in [1.807, 2.05) is 6.07 Å². The molecule has 2 rings (SSSR count). The number of rotatable bonds is 5. The van der Waals surface area contributed by atoms with Gasteiger partial charge in [0.1, 0.15) is 5.82 Å². The third kappa shape index (κ3) is 2.92. The molecule has 100 valence electrons. The highest BCUT2D eigenvalue weighted by Crippen LogP contribution is 2.35. The van der Waals surface area contributed by atoms with E-state index in [1.165, 1.54) is 31.4 Å². The molecule has 0 aromatic heterocycles. The van der Waals surface area contributed by atoms with Crippen LogP contribution in [-0.2, 0) is 6.54 Å². The quantitative estimate of drug-likeness (QED) is 0.898. The lowest BCUT2D eigenvalue weighted by molar-refractivity contribution is 0.0598. The number of nitrogens with zero attached hydrogens (tertiary/aromatic N) is 1. The molecule has 1 saturated carbocycles. The molecule has 0 unspecified atom stereocenters. The van der Waals surface area contributed by atoms with E-state index in [-0.39, 0.29) is 5.82 Å². The molecule has 0 aliphatic heterocycles. The topological polar surface area (TPSA) is 15.3 Å². The van der Waals surface area contributed by atoms with E-state index < -0.39 is 0 Å². The standard InChI is InChI=1S/C14H20BrFN2/c1-18(2)14(6-3-7-14)10-17-9-11-4-5-12(16)8-13(11)15/h4-5,8,17H,3,6-7,9-10H2,1-2H3. The van der Waals surface area contributed by atoms with Crippen LogP contribution in [0.5, 0.6) is 0 Å². The van der Waals surface area contributed by atoms with Gasteiger partial charge in [-0.2, -0.15) is 0 Å². The van der Waals surface area contributed by atoms with Gasteiger partial charge in [-0.3, -0.25) is 0 Å². The Morgan fingerprint density at radius 3 is 2.61 bits per heavy atom. The summed E-state index contributed by atoms with van der Waals surface area (Å²) in [5, 5.41) is 3.49. The van der Waals surface area contributed by atoms with Gasteiger partial charge in [0.05, 0.1) is 0 Å². The lowest BCUT2D eigenvalue weighted by Gasteiger charge is -2.47. The molecule has 1 aliphatic carbocycles. The Bertz CT molecular complexity index is 416. The Labute approximate surface area is 117 Å². The van der Waals surface area contributed by atoms with Crippen LogP contribution >= 0.6 is 15.9 Å². The second kappa shape index (κ2) is 5.68. The van der Waals surface area contributed by atoms with Crippen LogP contribution in [0.1, 0.15) is 24.8 Å². The zero-order chi connectivity index (χ0) is 13.2. The highest BCUT2D eigenvalue weighted by molar-refractivity contribution is 9.10. The second-order valence-corrected chi connectivity index (χ2v) is 6.17. The summed E-state index contributed by atoms with van der Waals surface area (Å²) in [5.74, 6) is -0.200. The minimum atomic E-state index is -0.200. The molecule has 18 heavy (non-hydrogen) atoms. The molecule has 0 heterocycles. The van der Waals surface area contributed by atoms with Crippen molar-refractivity contribution >= 4 is 15.9 Å². The van der Waals surface area contributed by atoms with Crippen molar-refractivity contribution in [2.45, 2.75) is 31.3 Å². The van der Waals surface area contributed by atoms with Gasteiger partial charge < -0.3 is 10.2 Å². The van der Waals surface area contributed by atoms with Gasteiger partial charge in [-0.05, 0) is 51.1 Å². The fourth-order valence-corrected chi connectivity index (χ4v) is 2.95. The summed E-state index contributed by atoms with van der Waals surface area (Å²) in [6, 6.07) is 4.85. The number of halogens is 2. The van der Waals surface area contributed by atoms with Crippen LogP contribution in [0.25, 0.3) is 0 Å². The molecular formula is C14H20BrFN2. The molecule has 1 fully saturated rings. The van der Waals surface area contributed by atoms with Gasteiger partial charge in [-0.25, -0.2) is 4.39 Å². The van der Waals surface area contributed by atoms with Crippen molar-refractivity contribution in [1.29, 1.82) is 0 Å². The highest BCUT2D eigenvalue weighted by atomic mass is 79.9. The van der Waals surface area contributed by atoms with E-state index in [2.05, 4.69) is 40.2 Å². The van der Waals surface area contributed by atoms with Crippen molar-refractivity contribution in [3.8, 4) is 0 Å². The predicted molar refractivity (Wildman–Crippen MR) is 76.1 cm³/mol. The summed E-state index contributed by atoms with van der Waals surface area (Å²) in [6.45, 7) is 1.76. The maximum atomic E-state index is 13.0. The van der Waals surface area contributed by atoms with Crippen molar-refractivity contribution in [3.63, 3.8) is 0 Å². The molecule has 4 heteroatoms. The first-order valence-corrected chi connectivity index (χ1v) is 7.15. The second-order valence-electron chi connectivity index (χ2n) is 5.31. The molecule has 0 spiro atoms. The Hall–Kier alpha value is -0.450. The van der Waals surface area contributed by atoms with Gasteiger partial charge in [0.2, 0.25) is 0 Å². The highest BCUT2D eigenvalue weighted by Gasteiger charge is 2.38. The smallest absolute Gasteiger partial charge is 0.124 e. The average molecular weight is 315 g/mol. The van der Waals surface area contributed by atoms with E-state index in [0.29, 0.717) is 5.54 Å². The van der Waals surface area contributed by atoms with Gasteiger partial charge in [-0.15, -0.1) is 0 Å². The van der Waals surface area contributed by atoms with Crippen LogP contribution in [0.2, 0.25) is 0 Å². The third-order valence-corrected chi connectivity index (χ3v) is 4.76. The molecule has 1 aliphatic rings. The maximum absolute atomic E-state index is 13.0. The normalized spacial score (nSPS) is 17.8. The SMILES string of the molecule is CN(C)C1(CNCc2ccc(F)cc2Br)CCC1. The third-order valence-electron chi connectivity index (χ3n) is 4.02. The van der Waals surface area contributed by atoms with E-state index in [9.17, 15) is 4.39 Å². The van der Waals surface area contributed by atoms with E-state index in [1.54, 1.807) is 0 Å². The summed E-state index contributed by atoms with van der Waals surface area (Å²) in [5.41, 5.74) is 1.43. The van der Waals surface area contributed by atoms with Gasteiger partial charge in [-0.1, -0.05) is 22.0 Å². The maximum Gasteiger partial charge on any atom is 0.124 e. The van der Waals surface area contributed by atoms with Crippen LogP contribution in [0, 0.1) is 5.82 Å². The van der Waals surface area contributed by atoms with Crippen molar-refractivity contribution in [2.75, 3.05) is 20.6 Å². The van der Waals surface area contributed by atoms with E-state index in [0.717, 1.165) is 23.1 Å². The Balaban J connectivity index is 1.88. The molecule has 2 nitrogen and oxygen atoms in total. The Kier molecular flexibility index (Phi) is 4.41. The predicted octanol–water partition coefficient (Wildman–Crippen LogP) is 3.16. The number of benzene rings is 1. The van der Waals surface area contributed by atoms with Crippen molar-refractivity contribution in [1.82, 2.24) is 10.2 Å². The number of hydrogen-bond acceptors (Lipinski definition) is 2. The van der Waals surface area contributed by atoms with Crippen molar-refractivity contribution < 1.29 is 4.39 Å². The lowest BCUT2D eigenvalue weighted by Crippen LogP contribution is -2.56. The van der Waals surface area contributed by atoms with Gasteiger partial charge in [0.25, 0.3) is 0 Å². The minimum absolute atomic E-state index is 0.200. The zero-order valence-corrected chi connectivity index (χ0v) is 12.6. The van der Waals surface area contributed by atoms with Crippen LogP contribution < -0.4 is 5.32 Å². The summed E-state index contributed by atoms with van der Waals surface area (Å²) in [7, 11) is 4.29. The van der Waals surface area contributed by atoms with Crippen LogP contribution in [0.3, 0.4) is 0 Å². The first-order valence-electron chi connectivity index (χ1n) is 6.36. The van der Waals surface area contributed by atoms with Crippen molar-refractivity contribution in [2.24, 2.45) is 0 Å². The molecule has 0 atom stereocenters. The molecule has 1 aromatic carbocycles. The summed E-state index contributed by atoms with van der Waals surface area (Å²) >= 11 is 3.40. The molecular weight excluding hydrogens is 295 g/mol. The molecule has 1 aromatic rings. The zero-order valence-electron chi connectivity index (χ0n) is 11.0.